The fourth-order valence-corrected chi connectivity index (χ4v) is 3.36. The van der Waals surface area contributed by atoms with Crippen LogP contribution in [0.3, 0.4) is 0 Å². The fraction of sp³-hybridized carbons (Fsp3) is 0.167. The number of tetrazole rings is 1. The van der Waals surface area contributed by atoms with Crippen LogP contribution in [0.5, 0.6) is 0 Å². The summed E-state index contributed by atoms with van der Waals surface area (Å²) in [5.74, 6) is 1.53. The lowest BCUT2D eigenvalue weighted by atomic mass is 10.2. The predicted octanol–water partition coefficient (Wildman–Crippen LogP) is 2.30. The predicted molar refractivity (Wildman–Crippen MR) is 96.6 cm³/mol. The molecule has 0 bridgehead atoms. The van der Waals surface area contributed by atoms with Gasteiger partial charge in [0.15, 0.2) is 5.82 Å². The van der Waals surface area contributed by atoms with E-state index in [0.717, 1.165) is 33.5 Å². The molecule has 3 aromatic heterocycles. The summed E-state index contributed by atoms with van der Waals surface area (Å²) in [6, 6.07) is 16.3. The molecule has 8 nitrogen and oxygen atoms in total. The number of aromatic nitrogens is 8. The highest BCUT2D eigenvalue weighted by Crippen LogP contribution is 2.21. The Balaban J connectivity index is 1.64. The van der Waals surface area contributed by atoms with Crippen LogP contribution in [0.25, 0.3) is 21.9 Å². The van der Waals surface area contributed by atoms with E-state index in [4.69, 9.17) is 10.1 Å². The Morgan fingerprint density at radius 3 is 2.62 bits per heavy atom. The second-order valence-corrected chi connectivity index (χ2v) is 6.19. The zero-order chi connectivity index (χ0) is 17.5. The van der Waals surface area contributed by atoms with Crippen LogP contribution in [0.2, 0.25) is 0 Å². The molecule has 0 radical (unpaired) electrons. The Bertz CT molecular complexity index is 1200. The second kappa shape index (κ2) is 5.76. The van der Waals surface area contributed by atoms with Crippen molar-refractivity contribution in [2.75, 3.05) is 0 Å². The number of benzene rings is 2. The first-order valence-corrected chi connectivity index (χ1v) is 8.38. The van der Waals surface area contributed by atoms with Gasteiger partial charge in [-0.2, -0.15) is 10.3 Å². The van der Waals surface area contributed by atoms with Crippen molar-refractivity contribution in [3.05, 3.63) is 65.9 Å². The van der Waals surface area contributed by atoms with Crippen LogP contribution in [0, 0.1) is 6.92 Å². The van der Waals surface area contributed by atoms with Gasteiger partial charge in [0.1, 0.15) is 5.82 Å². The monoisotopic (exact) mass is 344 g/mol. The van der Waals surface area contributed by atoms with Crippen molar-refractivity contribution in [3.8, 4) is 0 Å². The number of H-pyrrole nitrogens is 1. The summed E-state index contributed by atoms with van der Waals surface area (Å²) in [6.45, 7) is 3.10. The van der Waals surface area contributed by atoms with Crippen LogP contribution in [-0.4, -0.2) is 40.0 Å². The second-order valence-electron chi connectivity index (χ2n) is 6.19. The Morgan fingerprint density at radius 2 is 1.77 bits per heavy atom. The van der Waals surface area contributed by atoms with Gasteiger partial charge in [0.05, 0.1) is 35.3 Å². The van der Waals surface area contributed by atoms with E-state index in [2.05, 4.69) is 43.4 Å². The zero-order valence-electron chi connectivity index (χ0n) is 14.2. The number of para-hydroxylation sites is 3. The van der Waals surface area contributed by atoms with Crippen molar-refractivity contribution in [1.82, 2.24) is 40.0 Å². The molecule has 5 rings (SSSR count). The molecule has 26 heavy (non-hydrogen) atoms. The molecule has 5 aromatic rings. The van der Waals surface area contributed by atoms with Gasteiger partial charge in [-0.3, -0.25) is 4.68 Å². The maximum atomic E-state index is 4.82. The Labute approximate surface area is 148 Å². The van der Waals surface area contributed by atoms with E-state index < -0.39 is 0 Å². The first-order valence-electron chi connectivity index (χ1n) is 8.38. The molecule has 128 valence electrons. The summed E-state index contributed by atoms with van der Waals surface area (Å²) in [5.41, 5.74) is 4.10. The van der Waals surface area contributed by atoms with Crippen LogP contribution < -0.4 is 0 Å². The number of nitrogens with zero attached hydrogens (tertiary/aromatic N) is 7. The van der Waals surface area contributed by atoms with Gasteiger partial charge >= 0.3 is 0 Å². The molecule has 0 saturated carbocycles. The fourth-order valence-electron chi connectivity index (χ4n) is 3.36. The smallest absolute Gasteiger partial charge is 0.194 e. The summed E-state index contributed by atoms with van der Waals surface area (Å²) in [4.78, 5) is 4.82. The Morgan fingerprint density at radius 1 is 0.962 bits per heavy atom. The summed E-state index contributed by atoms with van der Waals surface area (Å²) in [6.07, 6.45) is 0. The van der Waals surface area contributed by atoms with Crippen molar-refractivity contribution < 1.29 is 0 Å². The van der Waals surface area contributed by atoms with E-state index in [1.165, 1.54) is 0 Å². The summed E-state index contributed by atoms with van der Waals surface area (Å²) in [5, 5.41) is 20.2. The van der Waals surface area contributed by atoms with Gasteiger partial charge in [-0.15, -0.1) is 10.2 Å². The number of nitrogens with one attached hydrogen (secondary N) is 1. The van der Waals surface area contributed by atoms with Crippen LogP contribution in [0.1, 0.15) is 17.3 Å². The van der Waals surface area contributed by atoms with Gasteiger partial charge in [-0.05, 0) is 25.1 Å². The lowest BCUT2D eigenvalue weighted by Gasteiger charge is -2.08. The first-order chi connectivity index (χ1) is 12.8. The Hall–Kier alpha value is -3.55. The molecular weight excluding hydrogens is 328 g/mol. The van der Waals surface area contributed by atoms with Gasteiger partial charge in [0.2, 0.25) is 0 Å². The summed E-state index contributed by atoms with van der Waals surface area (Å²) in [7, 11) is 0. The van der Waals surface area contributed by atoms with Crippen molar-refractivity contribution in [2.45, 2.75) is 20.0 Å². The van der Waals surface area contributed by atoms with Crippen LogP contribution in [-0.2, 0) is 13.1 Å². The van der Waals surface area contributed by atoms with Crippen molar-refractivity contribution in [1.29, 1.82) is 0 Å². The highest BCUT2D eigenvalue weighted by molar-refractivity contribution is 5.82. The number of hydrogen-bond acceptors (Lipinski definition) is 5. The van der Waals surface area contributed by atoms with Gasteiger partial charge in [0.25, 0.3) is 0 Å². The van der Waals surface area contributed by atoms with Crippen LogP contribution in [0.15, 0.2) is 48.5 Å². The van der Waals surface area contributed by atoms with Gasteiger partial charge in [-0.1, -0.05) is 35.5 Å². The maximum Gasteiger partial charge on any atom is 0.194 e. The number of fused-ring (bicyclic) bond motifs is 2. The van der Waals surface area contributed by atoms with Gasteiger partial charge in [-0.25, -0.2) is 4.98 Å². The van der Waals surface area contributed by atoms with E-state index in [0.29, 0.717) is 18.9 Å². The molecule has 0 aliphatic rings. The van der Waals surface area contributed by atoms with Gasteiger partial charge < -0.3 is 4.57 Å². The highest BCUT2D eigenvalue weighted by Gasteiger charge is 2.15. The number of aromatic amines is 1. The van der Waals surface area contributed by atoms with Gasteiger partial charge in [0, 0.05) is 5.39 Å². The molecule has 0 aliphatic heterocycles. The minimum Gasteiger partial charge on any atom is -0.319 e. The van der Waals surface area contributed by atoms with Crippen molar-refractivity contribution in [3.63, 3.8) is 0 Å². The molecule has 0 atom stereocenters. The quantitative estimate of drug-likeness (QED) is 0.540. The molecule has 0 aliphatic carbocycles. The van der Waals surface area contributed by atoms with E-state index in [1.54, 1.807) is 0 Å². The summed E-state index contributed by atoms with van der Waals surface area (Å²) >= 11 is 0. The van der Waals surface area contributed by atoms with Crippen LogP contribution >= 0.6 is 0 Å². The first kappa shape index (κ1) is 14.8. The topological polar surface area (TPSA) is 90.1 Å². The van der Waals surface area contributed by atoms with Crippen LogP contribution in [0.4, 0.5) is 0 Å². The average Bonchev–Trinajstić information content (AvgIpc) is 3.37. The standard InChI is InChI=1S/C18H16N8/c1-12-13-6-2-4-8-15(13)26(22-12)11-18-19-14-7-3-5-9-16(14)25(18)10-17-20-23-24-21-17/h2-9H,10-11H2,1H3,(H,20,21,23,24). The number of rotatable bonds is 4. The molecule has 0 saturated heterocycles. The van der Waals surface area contributed by atoms with E-state index >= 15 is 0 Å². The van der Waals surface area contributed by atoms with Crippen molar-refractivity contribution >= 4 is 21.9 Å². The lowest BCUT2D eigenvalue weighted by Crippen LogP contribution is -2.11. The maximum absolute atomic E-state index is 4.82. The molecule has 0 spiro atoms. The van der Waals surface area contributed by atoms with E-state index in [1.807, 2.05) is 41.9 Å². The number of hydrogen-bond donors (Lipinski definition) is 1. The van der Waals surface area contributed by atoms with E-state index in [-0.39, 0.29) is 0 Å². The third-order valence-corrected chi connectivity index (χ3v) is 4.56. The molecule has 2 aromatic carbocycles. The third-order valence-electron chi connectivity index (χ3n) is 4.56. The highest BCUT2D eigenvalue weighted by atomic mass is 15.5. The average molecular weight is 344 g/mol. The summed E-state index contributed by atoms with van der Waals surface area (Å²) < 4.78 is 4.12. The third kappa shape index (κ3) is 2.34. The molecule has 0 unspecified atom stereocenters. The normalized spacial score (nSPS) is 11.6. The Kier molecular flexibility index (Phi) is 3.27. The number of imidazole rings is 1. The minimum absolute atomic E-state index is 0.504. The molecule has 3 heterocycles. The SMILES string of the molecule is Cc1nn(Cc2nc3ccccc3n2Cc2nn[nH]n2)c2ccccc12. The molecule has 0 amide bonds. The molecule has 1 N–H and O–H groups in total. The zero-order valence-corrected chi connectivity index (χ0v) is 14.2. The minimum atomic E-state index is 0.504. The molecular formula is C18H16N8. The lowest BCUT2D eigenvalue weighted by molar-refractivity contribution is 0.624. The van der Waals surface area contributed by atoms with E-state index in [9.17, 15) is 0 Å². The van der Waals surface area contributed by atoms with Crippen molar-refractivity contribution in [2.24, 2.45) is 0 Å². The largest absolute Gasteiger partial charge is 0.319 e. The number of aryl methyl sites for hydroxylation is 1. The molecule has 0 fully saturated rings. The molecule has 8 heteroatoms.